The lowest BCUT2D eigenvalue weighted by molar-refractivity contribution is -0.151. The second-order valence-electron chi connectivity index (χ2n) is 8.76. The molecule has 0 aliphatic carbocycles. The number of benzene rings is 1. The van der Waals surface area contributed by atoms with E-state index >= 15 is 0 Å². The molecule has 1 amide bonds. The zero-order chi connectivity index (χ0) is 22.6. The third-order valence-corrected chi connectivity index (χ3v) is 4.47. The molecule has 1 aliphatic heterocycles. The van der Waals surface area contributed by atoms with Crippen molar-refractivity contribution in [1.82, 2.24) is 5.32 Å². The molecule has 0 aromatic heterocycles. The molecule has 1 saturated heterocycles. The second-order valence-corrected chi connectivity index (χ2v) is 8.76. The number of rotatable bonds is 4. The van der Waals surface area contributed by atoms with Gasteiger partial charge in [-0.3, -0.25) is 0 Å². The van der Waals surface area contributed by atoms with Crippen LogP contribution in [0.15, 0.2) is 30.3 Å². The lowest BCUT2D eigenvalue weighted by atomic mass is 10.1. The summed E-state index contributed by atoms with van der Waals surface area (Å²) in [7, 11) is 0. The minimum Gasteiger partial charge on any atom is -0.461 e. The number of ether oxygens (including phenoxy) is 3. The van der Waals surface area contributed by atoms with Crippen molar-refractivity contribution in [2.24, 2.45) is 0 Å². The number of carbonyl (C=O) groups is 2. The van der Waals surface area contributed by atoms with Gasteiger partial charge in [0.25, 0.3) is 0 Å². The van der Waals surface area contributed by atoms with Crippen LogP contribution >= 0.6 is 0 Å². The predicted octanol–water partition coefficient (Wildman–Crippen LogP) is 5.18. The summed E-state index contributed by atoms with van der Waals surface area (Å²) in [6.45, 7) is 11.8. The van der Waals surface area contributed by atoms with Crippen molar-refractivity contribution in [1.29, 1.82) is 0 Å². The molecule has 6 heteroatoms. The number of alkyl carbamates (subject to hydrolysis) is 1. The topological polar surface area (TPSA) is 73.9 Å². The van der Waals surface area contributed by atoms with E-state index in [1.54, 1.807) is 20.8 Å². The maximum Gasteiger partial charge on any atom is 0.408 e. The number of nitrogens with one attached hydrogen (secondary N) is 1. The van der Waals surface area contributed by atoms with Crippen LogP contribution in [0.2, 0.25) is 0 Å². The van der Waals surface area contributed by atoms with Gasteiger partial charge in [-0.15, -0.1) is 0 Å². The highest BCUT2D eigenvalue weighted by Crippen LogP contribution is 2.17. The van der Waals surface area contributed by atoms with Gasteiger partial charge in [0.05, 0.1) is 6.10 Å². The highest BCUT2D eigenvalue weighted by atomic mass is 16.6. The Bertz CT molecular complexity index is 626. The fourth-order valence-corrected chi connectivity index (χ4v) is 2.99. The van der Waals surface area contributed by atoms with Crippen molar-refractivity contribution in [3.63, 3.8) is 0 Å². The van der Waals surface area contributed by atoms with E-state index in [1.165, 1.54) is 5.56 Å². The maximum atomic E-state index is 12.2. The summed E-state index contributed by atoms with van der Waals surface area (Å²) in [6.07, 6.45) is 3.47. The van der Waals surface area contributed by atoms with Crippen molar-refractivity contribution in [2.75, 3.05) is 6.61 Å². The molecule has 170 valence electrons. The minimum atomic E-state index is -0.739. The quantitative estimate of drug-likeness (QED) is 0.679. The first-order chi connectivity index (χ1) is 14.1. The van der Waals surface area contributed by atoms with Gasteiger partial charge in [-0.25, -0.2) is 9.59 Å². The smallest absolute Gasteiger partial charge is 0.408 e. The van der Waals surface area contributed by atoms with Gasteiger partial charge in [-0.2, -0.15) is 0 Å². The van der Waals surface area contributed by atoms with Crippen LogP contribution in [0.5, 0.6) is 0 Å². The number of amides is 1. The van der Waals surface area contributed by atoms with Crippen molar-refractivity contribution < 1.29 is 23.8 Å². The molecule has 1 fully saturated rings. The minimum absolute atomic E-state index is 0.0954. The molecule has 0 bridgehead atoms. The normalized spacial score (nSPS) is 22.3. The monoisotopic (exact) mass is 421 g/mol. The van der Waals surface area contributed by atoms with E-state index < -0.39 is 23.7 Å². The molecular weight excluding hydrogens is 382 g/mol. The number of cyclic esters (lactones) is 1. The van der Waals surface area contributed by atoms with Crippen LogP contribution in [0.3, 0.4) is 0 Å². The Kier molecular flexibility index (Phi) is 11.5. The predicted molar refractivity (Wildman–Crippen MR) is 118 cm³/mol. The lowest BCUT2D eigenvalue weighted by Crippen LogP contribution is -2.45. The maximum absolute atomic E-state index is 12.2. The summed E-state index contributed by atoms with van der Waals surface area (Å²) in [6, 6.07) is 9.52. The molecule has 3 atom stereocenters. The average molecular weight is 422 g/mol. The van der Waals surface area contributed by atoms with E-state index in [9.17, 15) is 9.59 Å². The highest BCUT2D eigenvalue weighted by molar-refractivity contribution is 5.81. The van der Waals surface area contributed by atoms with E-state index in [1.807, 2.05) is 25.1 Å². The average Bonchev–Trinajstić information content (AvgIpc) is 2.70. The first-order valence-corrected chi connectivity index (χ1v) is 10.9. The van der Waals surface area contributed by atoms with Crippen molar-refractivity contribution in [3.05, 3.63) is 35.9 Å². The number of esters is 1. The van der Waals surface area contributed by atoms with Crippen molar-refractivity contribution in [3.8, 4) is 0 Å². The number of hydrogen-bond donors (Lipinski definition) is 1. The summed E-state index contributed by atoms with van der Waals surface area (Å²) in [5.74, 6) is -0.428. The fourth-order valence-electron chi connectivity index (χ4n) is 2.99. The molecule has 2 rings (SSSR count). The Morgan fingerprint density at radius 2 is 1.90 bits per heavy atom. The number of unbranched alkanes of at least 4 members (excludes halogenated alkanes) is 1. The van der Waals surface area contributed by atoms with Crippen molar-refractivity contribution in [2.45, 2.75) is 97.5 Å². The highest BCUT2D eigenvalue weighted by Gasteiger charge is 2.29. The molecule has 6 nitrogen and oxygen atoms in total. The molecule has 1 aliphatic rings. The molecular formula is C24H39NO5. The number of carbonyl (C=O) groups excluding carboxylic acids is 2. The van der Waals surface area contributed by atoms with Crippen LogP contribution < -0.4 is 5.32 Å². The standard InChI is InChI=1S/C17H31NO5.C7H8/c1-6-7-8-13-11-12(2)22-15(19)14(9-10-21-13)18-16(20)23-17(3,4)5;1-7-5-3-2-4-6-7/h12-14H,6-11H2,1-5H3,(H,18,20);2-6H,1H3/t12?,13?,14-;/m0./s1. The van der Waals surface area contributed by atoms with Crippen molar-refractivity contribution >= 4 is 12.1 Å². The second kappa shape index (κ2) is 13.3. The largest absolute Gasteiger partial charge is 0.461 e. The van der Waals surface area contributed by atoms with Crippen LogP contribution in [0, 0.1) is 6.92 Å². The third kappa shape index (κ3) is 11.8. The Labute approximate surface area is 181 Å². The van der Waals surface area contributed by atoms with Gasteiger partial charge in [0.2, 0.25) is 0 Å². The van der Waals surface area contributed by atoms with E-state index in [4.69, 9.17) is 14.2 Å². The third-order valence-electron chi connectivity index (χ3n) is 4.47. The van der Waals surface area contributed by atoms with Gasteiger partial charge in [-0.05, 0) is 41.0 Å². The molecule has 0 saturated carbocycles. The zero-order valence-corrected chi connectivity index (χ0v) is 19.4. The fraction of sp³-hybridized carbons (Fsp3) is 0.667. The first kappa shape index (κ1) is 26.0. The summed E-state index contributed by atoms with van der Waals surface area (Å²) in [5.41, 5.74) is 0.712. The van der Waals surface area contributed by atoms with Crippen LogP contribution in [-0.4, -0.2) is 42.5 Å². The molecule has 1 aromatic rings. The van der Waals surface area contributed by atoms with E-state index in [0.29, 0.717) is 19.4 Å². The summed E-state index contributed by atoms with van der Waals surface area (Å²) >= 11 is 0. The zero-order valence-electron chi connectivity index (χ0n) is 19.4. The Hall–Kier alpha value is -2.08. The van der Waals surface area contributed by atoms with Gasteiger partial charge in [0, 0.05) is 19.4 Å². The number of hydrogen-bond acceptors (Lipinski definition) is 5. The Morgan fingerprint density at radius 1 is 1.23 bits per heavy atom. The first-order valence-electron chi connectivity index (χ1n) is 10.9. The van der Waals surface area contributed by atoms with Gasteiger partial charge in [0.1, 0.15) is 17.7 Å². The molecule has 1 aromatic carbocycles. The molecule has 0 radical (unpaired) electrons. The summed E-state index contributed by atoms with van der Waals surface area (Å²) in [4.78, 5) is 24.1. The molecule has 2 unspecified atom stereocenters. The van der Waals surface area contributed by atoms with E-state index in [-0.39, 0.29) is 12.2 Å². The van der Waals surface area contributed by atoms with Gasteiger partial charge in [0.15, 0.2) is 0 Å². The van der Waals surface area contributed by atoms with E-state index in [2.05, 4.69) is 31.3 Å². The number of aryl methyl sites for hydroxylation is 1. The van der Waals surface area contributed by atoms with Gasteiger partial charge >= 0.3 is 12.1 Å². The van der Waals surface area contributed by atoms with Gasteiger partial charge < -0.3 is 19.5 Å². The summed E-state index contributed by atoms with van der Waals surface area (Å²) in [5, 5.41) is 2.58. The van der Waals surface area contributed by atoms with E-state index in [0.717, 1.165) is 19.3 Å². The molecule has 30 heavy (non-hydrogen) atoms. The van der Waals surface area contributed by atoms with Gasteiger partial charge in [-0.1, -0.05) is 55.7 Å². The molecule has 0 spiro atoms. The lowest BCUT2D eigenvalue weighted by Gasteiger charge is -2.23. The Balaban J connectivity index is 0.000000539. The molecule has 1 N–H and O–H groups in total. The van der Waals surface area contributed by atoms with Crippen LogP contribution in [0.4, 0.5) is 4.79 Å². The van der Waals surface area contributed by atoms with Crippen LogP contribution in [-0.2, 0) is 19.0 Å². The summed E-state index contributed by atoms with van der Waals surface area (Å²) < 4.78 is 16.5. The van der Waals surface area contributed by atoms with Crippen LogP contribution in [0.25, 0.3) is 0 Å². The SMILES string of the molecule is CCCCC1CC(C)OC(=O)[C@@H](NC(=O)OC(C)(C)C)CCO1.Cc1ccccc1. The van der Waals surface area contributed by atoms with Crippen LogP contribution in [0.1, 0.15) is 72.3 Å². The molecule has 1 heterocycles. The Morgan fingerprint density at radius 3 is 2.43 bits per heavy atom.